The van der Waals surface area contributed by atoms with E-state index in [-0.39, 0.29) is 5.41 Å². The number of hydrogen-bond acceptors (Lipinski definition) is 1. The third kappa shape index (κ3) is 1.93. The topological polar surface area (TPSA) is 17.1 Å². The highest BCUT2D eigenvalue weighted by Gasteiger charge is 2.53. The molecule has 1 aromatic carbocycles. The summed E-state index contributed by atoms with van der Waals surface area (Å²) in [6, 6.07) is 6.67. The Morgan fingerprint density at radius 1 is 1.29 bits per heavy atom. The Morgan fingerprint density at radius 2 is 2.14 bits per heavy atom. The molecule has 1 saturated carbocycles. The van der Waals surface area contributed by atoms with Crippen molar-refractivity contribution in [3.05, 3.63) is 47.0 Å². The zero-order valence-electron chi connectivity index (χ0n) is 13.1. The summed E-state index contributed by atoms with van der Waals surface area (Å²) in [6.45, 7) is 4.58. The van der Waals surface area contributed by atoms with E-state index in [0.29, 0.717) is 30.0 Å². The molecule has 1 aromatic rings. The average Bonchev–Trinajstić information content (AvgIpc) is 2.98. The second kappa shape index (κ2) is 4.56. The number of carbonyl (C=O) groups is 1. The van der Waals surface area contributed by atoms with E-state index in [2.05, 4.69) is 44.2 Å². The van der Waals surface area contributed by atoms with E-state index in [1.54, 1.807) is 5.56 Å². The van der Waals surface area contributed by atoms with E-state index in [9.17, 15) is 4.79 Å². The average molecular weight is 280 g/mol. The Kier molecular flexibility index (Phi) is 2.89. The molecule has 1 spiro atoms. The molecule has 1 heteroatoms. The maximum atomic E-state index is 12.4. The Hall–Kier alpha value is -1.37. The first-order valence-corrected chi connectivity index (χ1v) is 8.40. The zero-order valence-corrected chi connectivity index (χ0v) is 13.1. The molecule has 4 rings (SSSR count). The lowest BCUT2D eigenvalue weighted by atomic mass is 9.61. The van der Waals surface area contributed by atoms with Gasteiger partial charge in [0.2, 0.25) is 0 Å². The second-order valence-corrected chi connectivity index (χ2v) is 7.79. The Labute approximate surface area is 127 Å². The van der Waals surface area contributed by atoms with Crippen molar-refractivity contribution in [2.45, 2.75) is 51.4 Å². The van der Waals surface area contributed by atoms with Gasteiger partial charge in [0.1, 0.15) is 5.78 Å². The molecule has 1 fully saturated rings. The molecular weight excluding hydrogens is 256 g/mol. The number of rotatable bonds is 2. The van der Waals surface area contributed by atoms with Gasteiger partial charge in [0.15, 0.2) is 0 Å². The summed E-state index contributed by atoms with van der Waals surface area (Å²) in [7, 11) is 0. The van der Waals surface area contributed by atoms with Gasteiger partial charge < -0.3 is 0 Å². The molecule has 0 amide bonds. The highest BCUT2D eigenvalue weighted by molar-refractivity contribution is 5.86. The molecule has 3 atom stereocenters. The smallest absolute Gasteiger partial charge is 0.138 e. The highest BCUT2D eigenvalue weighted by atomic mass is 16.1. The van der Waals surface area contributed by atoms with E-state index >= 15 is 0 Å². The first-order chi connectivity index (χ1) is 10.1. The van der Waals surface area contributed by atoms with Crippen molar-refractivity contribution in [1.29, 1.82) is 0 Å². The molecule has 0 heterocycles. The predicted molar refractivity (Wildman–Crippen MR) is 85.3 cm³/mol. The fourth-order valence-electron chi connectivity index (χ4n) is 5.21. The number of benzene rings is 1. The lowest BCUT2D eigenvalue weighted by molar-refractivity contribution is -0.120. The summed E-state index contributed by atoms with van der Waals surface area (Å²) < 4.78 is 0. The summed E-state index contributed by atoms with van der Waals surface area (Å²) in [6.07, 6.45) is 9.83. The summed E-state index contributed by atoms with van der Waals surface area (Å²) in [5, 5.41) is 0. The van der Waals surface area contributed by atoms with Gasteiger partial charge in [0, 0.05) is 18.3 Å². The van der Waals surface area contributed by atoms with Crippen LogP contribution in [-0.4, -0.2) is 5.78 Å². The fourth-order valence-corrected chi connectivity index (χ4v) is 5.21. The van der Waals surface area contributed by atoms with E-state index in [1.165, 1.54) is 24.0 Å². The van der Waals surface area contributed by atoms with Gasteiger partial charge in [-0.3, -0.25) is 4.79 Å². The standard InChI is InChI=1S/C20H24O/c1-13(2)8-15-4-3-5-16-10-18(21)12-20(19(15)16)11-14-6-7-17(20)9-14/h3-7,13-14,17H,8-12H2,1-2H3. The molecule has 3 aliphatic rings. The largest absolute Gasteiger partial charge is 0.299 e. The van der Waals surface area contributed by atoms with Crippen LogP contribution in [0.15, 0.2) is 30.4 Å². The van der Waals surface area contributed by atoms with Gasteiger partial charge in [-0.2, -0.15) is 0 Å². The van der Waals surface area contributed by atoms with Crippen molar-refractivity contribution in [3.63, 3.8) is 0 Å². The van der Waals surface area contributed by atoms with Crippen molar-refractivity contribution in [3.8, 4) is 0 Å². The highest BCUT2D eigenvalue weighted by Crippen LogP contribution is 2.58. The maximum absolute atomic E-state index is 12.4. The summed E-state index contributed by atoms with van der Waals surface area (Å²) >= 11 is 0. The zero-order chi connectivity index (χ0) is 14.6. The van der Waals surface area contributed by atoms with Crippen LogP contribution in [0.5, 0.6) is 0 Å². The minimum absolute atomic E-state index is 0.134. The molecular formula is C20H24O. The van der Waals surface area contributed by atoms with Gasteiger partial charge >= 0.3 is 0 Å². The van der Waals surface area contributed by atoms with E-state index < -0.39 is 0 Å². The molecule has 21 heavy (non-hydrogen) atoms. The lowest BCUT2D eigenvalue weighted by Crippen LogP contribution is -2.40. The maximum Gasteiger partial charge on any atom is 0.138 e. The molecule has 0 radical (unpaired) electrons. The number of Topliss-reactive ketones (excluding diaryl/α,β-unsaturated/α-hetero) is 1. The molecule has 0 N–H and O–H groups in total. The molecule has 3 unspecified atom stereocenters. The number of allylic oxidation sites excluding steroid dienone is 2. The third-order valence-electron chi connectivity index (χ3n) is 5.77. The van der Waals surface area contributed by atoms with Crippen LogP contribution in [0.3, 0.4) is 0 Å². The van der Waals surface area contributed by atoms with E-state index in [4.69, 9.17) is 0 Å². The van der Waals surface area contributed by atoms with E-state index in [1.807, 2.05) is 0 Å². The van der Waals surface area contributed by atoms with Gasteiger partial charge in [-0.05, 0) is 53.7 Å². The molecule has 2 bridgehead atoms. The Bertz CT molecular complexity index is 625. The van der Waals surface area contributed by atoms with Crippen LogP contribution in [0.1, 0.15) is 49.8 Å². The van der Waals surface area contributed by atoms with Gasteiger partial charge in [-0.1, -0.05) is 44.2 Å². The van der Waals surface area contributed by atoms with Crippen LogP contribution in [0, 0.1) is 17.8 Å². The molecule has 0 aromatic heterocycles. The van der Waals surface area contributed by atoms with Crippen molar-refractivity contribution >= 4 is 5.78 Å². The Balaban J connectivity index is 1.89. The molecule has 1 nitrogen and oxygen atoms in total. The normalized spacial score (nSPS) is 33.2. The van der Waals surface area contributed by atoms with Crippen LogP contribution in [0.25, 0.3) is 0 Å². The second-order valence-electron chi connectivity index (χ2n) is 7.79. The monoisotopic (exact) mass is 280 g/mol. The SMILES string of the molecule is CC(C)Cc1cccc2c1C1(CC(=O)C2)CC2C=CC1C2. The van der Waals surface area contributed by atoms with Crippen LogP contribution in [-0.2, 0) is 23.1 Å². The molecule has 0 saturated heterocycles. The van der Waals surface area contributed by atoms with Gasteiger partial charge in [0.25, 0.3) is 0 Å². The van der Waals surface area contributed by atoms with Crippen molar-refractivity contribution in [2.24, 2.45) is 17.8 Å². The van der Waals surface area contributed by atoms with Crippen LogP contribution < -0.4 is 0 Å². The van der Waals surface area contributed by atoms with Crippen molar-refractivity contribution < 1.29 is 4.79 Å². The number of hydrogen-bond donors (Lipinski definition) is 0. The van der Waals surface area contributed by atoms with Gasteiger partial charge in [-0.15, -0.1) is 0 Å². The molecule has 110 valence electrons. The van der Waals surface area contributed by atoms with Crippen molar-refractivity contribution in [1.82, 2.24) is 0 Å². The quantitative estimate of drug-likeness (QED) is 0.741. The first kappa shape index (κ1) is 13.3. The third-order valence-corrected chi connectivity index (χ3v) is 5.77. The molecule has 3 aliphatic carbocycles. The predicted octanol–water partition coefficient (Wildman–Crippen LogP) is 4.23. The first-order valence-electron chi connectivity index (χ1n) is 8.40. The van der Waals surface area contributed by atoms with Crippen LogP contribution >= 0.6 is 0 Å². The number of fused-ring (bicyclic) bond motifs is 5. The summed E-state index contributed by atoms with van der Waals surface area (Å²) in [5.74, 6) is 2.42. The lowest BCUT2D eigenvalue weighted by Gasteiger charge is -2.42. The van der Waals surface area contributed by atoms with Gasteiger partial charge in [-0.25, -0.2) is 0 Å². The summed E-state index contributed by atoms with van der Waals surface area (Å²) in [4.78, 5) is 12.4. The summed E-state index contributed by atoms with van der Waals surface area (Å²) in [5.41, 5.74) is 4.53. The van der Waals surface area contributed by atoms with Crippen LogP contribution in [0.4, 0.5) is 0 Å². The molecule has 0 aliphatic heterocycles. The Morgan fingerprint density at radius 3 is 2.81 bits per heavy atom. The van der Waals surface area contributed by atoms with Crippen molar-refractivity contribution in [2.75, 3.05) is 0 Å². The number of carbonyl (C=O) groups excluding carboxylic acids is 1. The fraction of sp³-hybridized carbons (Fsp3) is 0.550. The van der Waals surface area contributed by atoms with Crippen LogP contribution in [0.2, 0.25) is 0 Å². The van der Waals surface area contributed by atoms with E-state index in [0.717, 1.165) is 12.8 Å². The minimum Gasteiger partial charge on any atom is -0.299 e. The number of ketones is 1. The van der Waals surface area contributed by atoms with Gasteiger partial charge in [0.05, 0.1) is 0 Å². The minimum atomic E-state index is 0.134.